The summed E-state index contributed by atoms with van der Waals surface area (Å²) in [5, 5.41) is 15.8. The predicted molar refractivity (Wildman–Crippen MR) is 105 cm³/mol. The molecule has 5 rings (SSSR count). The quantitative estimate of drug-likeness (QED) is 0.720. The molecule has 9 nitrogen and oxygen atoms in total. The normalized spacial score (nSPS) is 16.4. The van der Waals surface area contributed by atoms with Crippen molar-refractivity contribution in [1.82, 2.24) is 25.1 Å². The topological polar surface area (TPSA) is 93.9 Å². The Balaban J connectivity index is 1.16. The van der Waals surface area contributed by atoms with Gasteiger partial charge in [0.25, 0.3) is 0 Å². The van der Waals surface area contributed by atoms with Crippen LogP contribution in [0.1, 0.15) is 24.2 Å². The minimum atomic E-state index is 0.0145. The van der Waals surface area contributed by atoms with E-state index in [1.54, 1.807) is 4.52 Å². The minimum absolute atomic E-state index is 0.0145. The minimum Gasteiger partial charge on any atom is -0.454 e. The van der Waals surface area contributed by atoms with E-state index in [1.807, 2.05) is 37.3 Å². The number of nitrogens with zero attached hydrogens (tertiary/aromatic N) is 5. The first kappa shape index (κ1) is 17.7. The van der Waals surface area contributed by atoms with E-state index in [-0.39, 0.29) is 18.6 Å². The first-order chi connectivity index (χ1) is 14.2. The van der Waals surface area contributed by atoms with Crippen molar-refractivity contribution < 1.29 is 14.3 Å². The smallest absolute Gasteiger partial charge is 0.231 e. The second-order valence-electron chi connectivity index (χ2n) is 7.38. The Morgan fingerprint density at radius 2 is 1.97 bits per heavy atom. The number of amides is 1. The Kier molecular flexibility index (Phi) is 4.42. The average Bonchev–Trinajstić information content (AvgIpc) is 3.38. The van der Waals surface area contributed by atoms with E-state index in [9.17, 15) is 4.79 Å². The molecule has 1 fully saturated rings. The molecule has 2 aliphatic heterocycles. The summed E-state index contributed by atoms with van der Waals surface area (Å²) in [6.07, 6.45) is 1.60. The maximum atomic E-state index is 12.6. The summed E-state index contributed by atoms with van der Waals surface area (Å²) in [6, 6.07) is 9.63. The zero-order valence-corrected chi connectivity index (χ0v) is 16.2. The van der Waals surface area contributed by atoms with Crippen LogP contribution in [0, 0.1) is 12.8 Å². The molecule has 1 N–H and O–H groups in total. The summed E-state index contributed by atoms with van der Waals surface area (Å²) in [5.74, 6) is 3.25. The number of carbonyl (C=O) groups is 1. The Morgan fingerprint density at radius 1 is 1.14 bits per heavy atom. The zero-order chi connectivity index (χ0) is 19.8. The van der Waals surface area contributed by atoms with Crippen LogP contribution < -0.4 is 19.7 Å². The van der Waals surface area contributed by atoms with Crippen LogP contribution in [0.15, 0.2) is 30.3 Å². The average molecular weight is 394 g/mol. The van der Waals surface area contributed by atoms with Gasteiger partial charge in [-0.2, -0.15) is 4.52 Å². The van der Waals surface area contributed by atoms with Crippen molar-refractivity contribution >= 4 is 17.4 Å². The SMILES string of the molecule is Cc1nnc2ccc(N3CCC(C(=O)NCc4ccc5c(c4)OCO5)CC3)nn12. The van der Waals surface area contributed by atoms with Gasteiger partial charge in [0.1, 0.15) is 5.82 Å². The molecule has 29 heavy (non-hydrogen) atoms. The highest BCUT2D eigenvalue weighted by molar-refractivity contribution is 5.79. The van der Waals surface area contributed by atoms with E-state index in [0.717, 1.165) is 60.3 Å². The molecule has 150 valence electrons. The third kappa shape index (κ3) is 3.43. The molecular weight excluding hydrogens is 372 g/mol. The van der Waals surface area contributed by atoms with E-state index in [1.165, 1.54) is 0 Å². The van der Waals surface area contributed by atoms with Gasteiger partial charge in [-0.1, -0.05) is 6.07 Å². The molecule has 3 aromatic rings. The number of hydrogen-bond donors (Lipinski definition) is 1. The molecule has 1 amide bonds. The van der Waals surface area contributed by atoms with Crippen molar-refractivity contribution in [2.75, 3.05) is 24.8 Å². The zero-order valence-electron chi connectivity index (χ0n) is 16.2. The van der Waals surface area contributed by atoms with Crippen LogP contribution >= 0.6 is 0 Å². The molecule has 2 aliphatic rings. The number of ether oxygens (including phenoxy) is 2. The van der Waals surface area contributed by atoms with E-state index < -0.39 is 0 Å². The van der Waals surface area contributed by atoms with Gasteiger partial charge < -0.3 is 19.7 Å². The highest BCUT2D eigenvalue weighted by Crippen LogP contribution is 2.32. The number of piperidine rings is 1. The van der Waals surface area contributed by atoms with E-state index in [0.29, 0.717) is 6.54 Å². The number of nitrogens with one attached hydrogen (secondary N) is 1. The maximum Gasteiger partial charge on any atom is 0.231 e. The molecule has 9 heteroatoms. The number of carbonyl (C=O) groups excluding carboxylic acids is 1. The van der Waals surface area contributed by atoms with Gasteiger partial charge in [-0.15, -0.1) is 15.3 Å². The fraction of sp³-hybridized carbons (Fsp3) is 0.400. The summed E-state index contributed by atoms with van der Waals surface area (Å²) in [4.78, 5) is 14.8. The van der Waals surface area contributed by atoms with Gasteiger partial charge in [-0.25, -0.2) is 0 Å². The van der Waals surface area contributed by atoms with Crippen LogP contribution in [0.25, 0.3) is 5.65 Å². The molecule has 4 heterocycles. The lowest BCUT2D eigenvalue weighted by molar-refractivity contribution is -0.125. The summed E-state index contributed by atoms with van der Waals surface area (Å²) in [6.45, 7) is 4.21. The number of anilines is 1. The maximum absolute atomic E-state index is 12.6. The van der Waals surface area contributed by atoms with Crippen molar-refractivity contribution in [1.29, 1.82) is 0 Å². The van der Waals surface area contributed by atoms with Crippen LogP contribution in [-0.4, -0.2) is 45.6 Å². The van der Waals surface area contributed by atoms with Gasteiger partial charge in [-0.05, 0) is 49.6 Å². The molecule has 2 aromatic heterocycles. The van der Waals surface area contributed by atoms with Crippen LogP contribution in [0.2, 0.25) is 0 Å². The third-order valence-electron chi connectivity index (χ3n) is 5.50. The van der Waals surface area contributed by atoms with Gasteiger partial charge in [0, 0.05) is 25.6 Å². The first-order valence-corrected chi connectivity index (χ1v) is 9.77. The van der Waals surface area contributed by atoms with Gasteiger partial charge in [0.15, 0.2) is 23.0 Å². The number of rotatable bonds is 4. The fourth-order valence-corrected chi connectivity index (χ4v) is 3.81. The molecular formula is C20H22N6O3. The van der Waals surface area contributed by atoms with Crippen LogP contribution in [0.4, 0.5) is 5.82 Å². The largest absolute Gasteiger partial charge is 0.454 e. The van der Waals surface area contributed by atoms with Crippen molar-refractivity contribution in [3.8, 4) is 11.5 Å². The summed E-state index contributed by atoms with van der Waals surface area (Å²) < 4.78 is 12.5. The molecule has 1 saturated heterocycles. The van der Waals surface area contributed by atoms with Crippen molar-refractivity contribution in [2.45, 2.75) is 26.3 Å². The van der Waals surface area contributed by atoms with Gasteiger partial charge >= 0.3 is 0 Å². The van der Waals surface area contributed by atoms with E-state index in [2.05, 4.69) is 25.5 Å². The molecule has 0 aliphatic carbocycles. The van der Waals surface area contributed by atoms with Crippen molar-refractivity contribution in [3.63, 3.8) is 0 Å². The number of aromatic nitrogens is 4. The molecule has 0 saturated carbocycles. The third-order valence-corrected chi connectivity index (χ3v) is 5.50. The standard InChI is InChI=1S/C20H22N6O3/c1-13-22-23-18-4-5-19(24-26(13)18)25-8-6-15(7-9-25)20(27)21-11-14-2-3-16-17(10-14)29-12-28-16/h2-5,10,15H,6-9,11-12H2,1H3,(H,21,27). The van der Waals surface area contributed by atoms with Gasteiger partial charge in [-0.3, -0.25) is 4.79 Å². The molecule has 0 bridgehead atoms. The van der Waals surface area contributed by atoms with Crippen LogP contribution in [-0.2, 0) is 11.3 Å². The Hall–Kier alpha value is -3.36. The van der Waals surface area contributed by atoms with E-state index >= 15 is 0 Å². The number of hydrogen-bond acceptors (Lipinski definition) is 7. The van der Waals surface area contributed by atoms with E-state index in [4.69, 9.17) is 9.47 Å². The first-order valence-electron chi connectivity index (χ1n) is 9.77. The highest BCUT2D eigenvalue weighted by atomic mass is 16.7. The number of aryl methyl sites for hydroxylation is 1. The van der Waals surface area contributed by atoms with Crippen molar-refractivity contribution in [2.24, 2.45) is 5.92 Å². The lowest BCUT2D eigenvalue weighted by Gasteiger charge is -2.32. The van der Waals surface area contributed by atoms with Crippen molar-refractivity contribution in [3.05, 3.63) is 41.7 Å². The summed E-state index contributed by atoms with van der Waals surface area (Å²) in [5.41, 5.74) is 1.74. The fourth-order valence-electron chi connectivity index (χ4n) is 3.81. The molecule has 0 unspecified atom stereocenters. The molecule has 0 radical (unpaired) electrons. The second-order valence-corrected chi connectivity index (χ2v) is 7.38. The Bertz CT molecular complexity index is 1060. The summed E-state index contributed by atoms with van der Waals surface area (Å²) >= 11 is 0. The Labute approximate surface area is 167 Å². The molecule has 0 spiro atoms. The monoisotopic (exact) mass is 394 g/mol. The highest BCUT2D eigenvalue weighted by Gasteiger charge is 2.26. The second kappa shape index (κ2) is 7.23. The lowest BCUT2D eigenvalue weighted by Crippen LogP contribution is -2.40. The Morgan fingerprint density at radius 3 is 2.83 bits per heavy atom. The molecule has 1 aromatic carbocycles. The van der Waals surface area contributed by atoms with Crippen LogP contribution in [0.3, 0.4) is 0 Å². The molecule has 0 atom stereocenters. The summed E-state index contributed by atoms with van der Waals surface area (Å²) in [7, 11) is 0. The lowest BCUT2D eigenvalue weighted by atomic mass is 9.96. The number of benzene rings is 1. The predicted octanol–water partition coefficient (Wildman–Crippen LogP) is 1.69. The van der Waals surface area contributed by atoms with Gasteiger partial charge in [0.05, 0.1) is 0 Å². The van der Waals surface area contributed by atoms with Crippen LogP contribution in [0.5, 0.6) is 11.5 Å². The van der Waals surface area contributed by atoms with Gasteiger partial charge in [0.2, 0.25) is 12.7 Å². The number of fused-ring (bicyclic) bond motifs is 2.